The Morgan fingerprint density at radius 2 is 1.83 bits per heavy atom. The Morgan fingerprint density at radius 1 is 1.17 bits per heavy atom. The van der Waals surface area contributed by atoms with E-state index >= 15 is 0 Å². The molecule has 0 fully saturated rings. The SMILES string of the molecule is CC(=O)c1cc2c(cc1NC(=O)CSc1ccc(Cl)cc1)OCO2. The highest BCUT2D eigenvalue weighted by molar-refractivity contribution is 8.00. The maximum Gasteiger partial charge on any atom is 0.234 e. The number of nitrogens with one attached hydrogen (secondary N) is 1. The Morgan fingerprint density at radius 3 is 2.50 bits per heavy atom. The number of ketones is 1. The van der Waals surface area contributed by atoms with Crippen LogP contribution < -0.4 is 14.8 Å². The molecule has 1 aliphatic rings. The second-order valence-corrected chi connectivity index (χ2v) is 6.58. The van der Waals surface area contributed by atoms with Crippen molar-refractivity contribution in [1.29, 1.82) is 0 Å². The van der Waals surface area contributed by atoms with Crippen molar-refractivity contribution < 1.29 is 19.1 Å². The molecule has 0 aliphatic carbocycles. The molecule has 0 saturated heterocycles. The molecule has 1 N–H and O–H groups in total. The maximum atomic E-state index is 12.2. The van der Waals surface area contributed by atoms with E-state index in [9.17, 15) is 9.59 Å². The Bertz CT molecular complexity index is 792. The second-order valence-electron chi connectivity index (χ2n) is 5.10. The van der Waals surface area contributed by atoms with Gasteiger partial charge in [-0.2, -0.15) is 0 Å². The van der Waals surface area contributed by atoms with E-state index in [1.165, 1.54) is 18.7 Å². The first-order valence-corrected chi connectivity index (χ1v) is 8.52. The van der Waals surface area contributed by atoms with Crippen LogP contribution >= 0.6 is 23.4 Å². The summed E-state index contributed by atoms with van der Waals surface area (Å²) in [5.41, 5.74) is 0.817. The zero-order valence-corrected chi connectivity index (χ0v) is 14.4. The smallest absolute Gasteiger partial charge is 0.234 e. The van der Waals surface area contributed by atoms with Crippen molar-refractivity contribution in [1.82, 2.24) is 0 Å². The van der Waals surface area contributed by atoms with E-state index in [1.807, 2.05) is 12.1 Å². The molecule has 0 atom stereocenters. The lowest BCUT2D eigenvalue weighted by Gasteiger charge is -2.10. The lowest BCUT2D eigenvalue weighted by atomic mass is 10.1. The summed E-state index contributed by atoms with van der Waals surface area (Å²) in [6.45, 7) is 1.55. The molecule has 7 heteroatoms. The predicted molar refractivity (Wildman–Crippen MR) is 93.4 cm³/mol. The van der Waals surface area contributed by atoms with Gasteiger partial charge in [-0.05, 0) is 37.3 Å². The van der Waals surface area contributed by atoms with E-state index in [0.29, 0.717) is 27.8 Å². The lowest BCUT2D eigenvalue weighted by molar-refractivity contribution is -0.113. The molecule has 0 radical (unpaired) electrons. The Labute approximate surface area is 148 Å². The summed E-state index contributed by atoms with van der Waals surface area (Å²) in [6.07, 6.45) is 0. The number of carbonyl (C=O) groups is 2. The zero-order chi connectivity index (χ0) is 17.1. The third kappa shape index (κ3) is 3.83. The first-order valence-electron chi connectivity index (χ1n) is 7.16. The summed E-state index contributed by atoms with van der Waals surface area (Å²) in [7, 11) is 0. The topological polar surface area (TPSA) is 64.6 Å². The van der Waals surface area contributed by atoms with Crippen LogP contribution in [0.25, 0.3) is 0 Å². The van der Waals surface area contributed by atoms with Crippen LogP contribution in [0.1, 0.15) is 17.3 Å². The Hall–Kier alpha value is -2.18. The molecule has 24 heavy (non-hydrogen) atoms. The average molecular weight is 364 g/mol. The van der Waals surface area contributed by atoms with Gasteiger partial charge in [-0.15, -0.1) is 11.8 Å². The number of hydrogen-bond donors (Lipinski definition) is 1. The van der Waals surface area contributed by atoms with Crippen molar-refractivity contribution >= 4 is 40.7 Å². The van der Waals surface area contributed by atoms with Crippen molar-refractivity contribution in [3.05, 3.63) is 47.0 Å². The zero-order valence-electron chi connectivity index (χ0n) is 12.8. The highest BCUT2D eigenvalue weighted by Gasteiger charge is 2.20. The number of halogens is 1. The number of amides is 1. The van der Waals surface area contributed by atoms with Crippen molar-refractivity contribution in [2.45, 2.75) is 11.8 Å². The number of rotatable bonds is 5. The fraction of sp³-hybridized carbons (Fsp3) is 0.176. The number of Topliss-reactive ketones (excluding diaryl/α,β-unsaturated/α-hetero) is 1. The van der Waals surface area contributed by atoms with Crippen LogP contribution in [0.15, 0.2) is 41.3 Å². The van der Waals surface area contributed by atoms with Crippen LogP contribution in [-0.2, 0) is 4.79 Å². The molecular formula is C17H14ClNO4S. The van der Waals surface area contributed by atoms with Crippen molar-refractivity contribution in [2.24, 2.45) is 0 Å². The van der Waals surface area contributed by atoms with Crippen molar-refractivity contribution in [2.75, 3.05) is 17.9 Å². The van der Waals surface area contributed by atoms with Gasteiger partial charge in [0.2, 0.25) is 12.7 Å². The van der Waals surface area contributed by atoms with Gasteiger partial charge in [0.1, 0.15) is 0 Å². The van der Waals surface area contributed by atoms with Crippen LogP contribution in [0.4, 0.5) is 5.69 Å². The van der Waals surface area contributed by atoms with E-state index in [-0.39, 0.29) is 24.2 Å². The number of anilines is 1. The van der Waals surface area contributed by atoms with E-state index in [1.54, 1.807) is 24.3 Å². The van der Waals surface area contributed by atoms with Crippen LogP contribution in [-0.4, -0.2) is 24.2 Å². The molecule has 0 aromatic heterocycles. The van der Waals surface area contributed by atoms with Crippen LogP contribution in [0.2, 0.25) is 5.02 Å². The Kier molecular flexibility index (Phi) is 4.97. The molecule has 0 bridgehead atoms. The molecule has 2 aromatic carbocycles. The minimum Gasteiger partial charge on any atom is -0.454 e. The molecule has 0 unspecified atom stereocenters. The highest BCUT2D eigenvalue weighted by atomic mass is 35.5. The van der Waals surface area contributed by atoms with E-state index in [0.717, 1.165) is 4.90 Å². The third-order valence-corrected chi connectivity index (χ3v) is 4.61. The van der Waals surface area contributed by atoms with Gasteiger partial charge in [0.05, 0.1) is 11.4 Å². The number of carbonyl (C=O) groups excluding carboxylic acids is 2. The molecule has 124 valence electrons. The quantitative estimate of drug-likeness (QED) is 0.642. The van der Waals surface area contributed by atoms with E-state index in [2.05, 4.69) is 5.32 Å². The summed E-state index contributed by atoms with van der Waals surface area (Å²) in [4.78, 5) is 24.9. The summed E-state index contributed by atoms with van der Waals surface area (Å²) >= 11 is 7.22. The van der Waals surface area contributed by atoms with Gasteiger partial charge >= 0.3 is 0 Å². The van der Waals surface area contributed by atoms with E-state index in [4.69, 9.17) is 21.1 Å². The maximum absolute atomic E-state index is 12.2. The van der Waals surface area contributed by atoms with Gasteiger partial charge < -0.3 is 14.8 Å². The molecular weight excluding hydrogens is 350 g/mol. The second kappa shape index (κ2) is 7.15. The molecule has 1 aliphatic heterocycles. The minimum atomic E-state index is -0.212. The Balaban J connectivity index is 1.69. The highest BCUT2D eigenvalue weighted by Crippen LogP contribution is 2.37. The molecule has 0 spiro atoms. The van der Waals surface area contributed by atoms with Gasteiger partial charge in [0, 0.05) is 21.5 Å². The van der Waals surface area contributed by atoms with Crippen molar-refractivity contribution in [3.63, 3.8) is 0 Å². The number of ether oxygens (including phenoxy) is 2. The number of hydrogen-bond acceptors (Lipinski definition) is 5. The van der Waals surface area contributed by atoms with Gasteiger partial charge in [0.15, 0.2) is 17.3 Å². The predicted octanol–water partition coefficient (Wildman–Crippen LogP) is 4.00. The molecule has 3 rings (SSSR count). The van der Waals surface area contributed by atoms with Crippen molar-refractivity contribution in [3.8, 4) is 11.5 Å². The first-order chi connectivity index (χ1) is 11.5. The fourth-order valence-corrected chi connectivity index (χ4v) is 3.03. The lowest BCUT2D eigenvalue weighted by Crippen LogP contribution is -2.16. The standard InChI is InChI=1S/C17H14ClNO4S/c1-10(20)13-6-15-16(23-9-22-15)7-14(13)19-17(21)8-24-12-4-2-11(18)3-5-12/h2-7H,8-9H2,1H3,(H,19,21). The first kappa shape index (κ1) is 16.7. The normalized spacial score (nSPS) is 12.1. The molecule has 1 amide bonds. The molecule has 1 heterocycles. The third-order valence-electron chi connectivity index (χ3n) is 3.35. The van der Waals surface area contributed by atoms with Crippen LogP contribution in [0, 0.1) is 0 Å². The number of thioether (sulfide) groups is 1. The minimum absolute atomic E-state index is 0.108. The summed E-state index contributed by atoms with van der Waals surface area (Å²) in [6, 6.07) is 10.4. The monoisotopic (exact) mass is 363 g/mol. The summed E-state index contributed by atoms with van der Waals surface area (Å²) in [5, 5.41) is 3.41. The average Bonchev–Trinajstić information content (AvgIpc) is 3.00. The number of fused-ring (bicyclic) bond motifs is 1. The van der Waals surface area contributed by atoms with Crippen LogP contribution in [0.3, 0.4) is 0 Å². The van der Waals surface area contributed by atoms with Crippen LogP contribution in [0.5, 0.6) is 11.5 Å². The molecule has 2 aromatic rings. The van der Waals surface area contributed by atoms with Gasteiger partial charge in [-0.25, -0.2) is 0 Å². The summed E-state index contributed by atoms with van der Waals surface area (Å²) < 4.78 is 10.6. The molecule has 0 saturated carbocycles. The molecule has 5 nitrogen and oxygen atoms in total. The fourth-order valence-electron chi connectivity index (χ4n) is 2.20. The largest absolute Gasteiger partial charge is 0.454 e. The van der Waals surface area contributed by atoms with E-state index < -0.39 is 0 Å². The van der Waals surface area contributed by atoms with Gasteiger partial charge in [-0.1, -0.05) is 11.6 Å². The van der Waals surface area contributed by atoms with Gasteiger partial charge in [0.25, 0.3) is 0 Å². The van der Waals surface area contributed by atoms with Gasteiger partial charge in [-0.3, -0.25) is 9.59 Å². The summed E-state index contributed by atoms with van der Waals surface area (Å²) in [5.74, 6) is 0.868. The number of benzene rings is 2.